The lowest BCUT2D eigenvalue weighted by molar-refractivity contribution is 0.0531. The van der Waals surface area contributed by atoms with Crippen LogP contribution < -0.4 is 16.0 Å². The van der Waals surface area contributed by atoms with Gasteiger partial charge in [-0.2, -0.15) is 0 Å². The number of hydrogen-bond acceptors (Lipinski definition) is 6. The number of aromatic nitrogens is 1. The van der Waals surface area contributed by atoms with Crippen molar-refractivity contribution in [3.63, 3.8) is 0 Å². The second-order valence-corrected chi connectivity index (χ2v) is 7.55. The van der Waals surface area contributed by atoms with E-state index in [0.717, 1.165) is 10.6 Å². The lowest BCUT2D eigenvalue weighted by atomic mass is 10.1. The highest BCUT2D eigenvalue weighted by Gasteiger charge is 2.20. The van der Waals surface area contributed by atoms with Crippen molar-refractivity contribution in [1.82, 2.24) is 20.9 Å². The molecule has 2 aromatic rings. The number of nitrogens with zero attached hydrogens (tertiary/aromatic N) is 2. The second-order valence-electron chi connectivity index (χ2n) is 6.52. The van der Waals surface area contributed by atoms with E-state index in [1.807, 2.05) is 26.0 Å². The normalized spacial score (nSPS) is 11.8. The number of halogens is 1. The molecule has 1 aromatic heterocycles. The predicted octanol–water partition coefficient (Wildman–Crippen LogP) is 3.42. The van der Waals surface area contributed by atoms with Crippen LogP contribution >= 0.6 is 35.3 Å². The third-order valence-electron chi connectivity index (χ3n) is 4.20. The molecule has 0 spiro atoms. The molecule has 0 saturated heterocycles. The van der Waals surface area contributed by atoms with E-state index < -0.39 is 0 Å². The van der Waals surface area contributed by atoms with Crippen molar-refractivity contribution in [1.29, 1.82) is 0 Å². The van der Waals surface area contributed by atoms with Crippen molar-refractivity contribution in [3.8, 4) is 0 Å². The first-order chi connectivity index (χ1) is 14.4. The fourth-order valence-corrected chi connectivity index (χ4v) is 3.61. The Hall–Kier alpha value is -2.21. The van der Waals surface area contributed by atoms with Gasteiger partial charge in [0.05, 0.1) is 24.9 Å². The van der Waals surface area contributed by atoms with Crippen molar-refractivity contribution in [2.45, 2.75) is 40.3 Å². The SMILES string of the molecule is CCNC(=NCc1ccc(C(=O)NC)cc1)NC(C)c1nc(C)c(C(=O)OCC)s1.I. The molecule has 0 aliphatic rings. The van der Waals surface area contributed by atoms with Gasteiger partial charge >= 0.3 is 5.97 Å². The highest BCUT2D eigenvalue weighted by Crippen LogP contribution is 2.24. The molecular weight excluding hydrogens is 529 g/mol. The zero-order valence-corrected chi connectivity index (χ0v) is 21.6. The maximum atomic E-state index is 12.0. The summed E-state index contributed by atoms with van der Waals surface area (Å²) in [4.78, 5) is 33.3. The molecule has 0 bridgehead atoms. The quantitative estimate of drug-likeness (QED) is 0.198. The Kier molecular flexibility index (Phi) is 11.5. The summed E-state index contributed by atoms with van der Waals surface area (Å²) in [5, 5.41) is 9.93. The minimum absolute atomic E-state index is 0. The zero-order valence-electron chi connectivity index (χ0n) is 18.4. The van der Waals surface area contributed by atoms with Crippen LogP contribution in [-0.4, -0.2) is 43.0 Å². The Morgan fingerprint density at radius 3 is 2.48 bits per heavy atom. The minimum Gasteiger partial charge on any atom is -0.462 e. The van der Waals surface area contributed by atoms with Crippen LogP contribution in [0.1, 0.15) is 63.1 Å². The molecule has 1 atom stereocenters. The highest BCUT2D eigenvalue weighted by atomic mass is 127. The van der Waals surface area contributed by atoms with Crippen molar-refractivity contribution < 1.29 is 14.3 Å². The van der Waals surface area contributed by atoms with E-state index in [9.17, 15) is 9.59 Å². The molecular formula is C21H30IN5O3S. The van der Waals surface area contributed by atoms with E-state index in [1.165, 1.54) is 11.3 Å². The summed E-state index contributed by atoms with van der Waals surface area (Å²) < 4.78 is 5.09. The number of amides is 1. The second kappa shape index (κ2) is 13.3. The van der Waals surface area contributed by atoms with Crippen molar-refractivity contribution >= 4 is 53.1 Å². The van der Waals surface area contributed by atoms with Gasteiger partial charge in [-0.3, -0.25) is 4.79 Å². The Labute approximate surface area is 204 Å². The van der Waals surface area contributed by atoms with Crippen LogP contribution in [0.4, 0.5) is 0 Å². The Morgan fingerprint density at radius 1 is 1.23 bits per heavy atom. The van der Waals surface area contributed by atoms with Gasteiger partial charge in [-0.25, -0.2) is 14.8 Å². The van der Waals surface area contributed by atoms with Crippen LogP contribution in [0.2, 0.25) is 0 Å². The van der Waals surface area contributed by atoms with E-state index in [2.05, 4.69) is 25.9 Å². The van der Waals surface area contributed by atoms with E-state index in [1.54, 1.807) is 33.0 Å². The molecule has 170 valence electrons. The number of esters is 1. The topological polar surface area (TPSA) is 105 Å². The van der Waals surface area contributed by atoms with Crippen LogP contribution in [0.25, 0.3) is 0 Å². The zero-order chi connectivity index (χ0) is 22.1. The van der Waals surface area contributed by atoms with E-state index in [4.69, 9.17) is 4.74 Å². The Morgan fingerprint density at radius 2 is 1.90 bits per heavy atom. The number of thiazole rings is 1. The number of nitrogens with one attached hydrogen (secondary N) is 3. The number of rotatable bonds is 8. The summed E-state index contributed by atoms with van der Waals surface area (Å²) in [6, 6.07) is 7.20. The summed E-state index contributed by atoms with van der Waals surface area (Å²) in [5.41, 5.74) is 2.27. The fraction of sp³-hybridized carbons (Fsp3) is 0.429. The number of carbonyl (C=O) groups is 2. The van der Waals surface area contributed by atoms with Crippen molar-refractivity contribution in [2.75, 3.05) is 20.2 Å². The highest BCUT2D eigenvalue weighted by molar-refractivity contribution is 14.0. The summed E-state index contributed by atoms with van der Waals surface area (Å²) in [6.07, 6.45) is 0. The average Bonchev–Trinajstić information content (AvgIpc) is 3.14. The molecule has 2 rings (SSSR count). The standard InChI is InChI=1S/C21H29N5O3S.HI/c1-6-23-21(24-12-15-8-10-16(11-9-15)18(27)22-5)26-14(4)19-25-13(3)17(30-19)20(28)29-7-2;/h8-11,14H,6-7,12H2,1-5H3,(H,22,27)(H2,23,24,26);1H. The van der Waals surface area contributed by atoms with Crippen molar-refractivity contribution in [2.24, 2.45) is 4.99 Å². The summed E-state index contributed by atoms with van der Waals surface area (Å²) in [6.45, 7) is 9.05. The summed E-state index contributed by atoms with van der Waals surface area (Å²) in [7, 11) is 1.61. The number of guanidine groups is 1. The maximum absolute atomic E-state index is 12.0. The monoisotopic (exact) mass is 559 g/mol. The molecule has 0 aliphatic carbocycles. The van der Waals surface area contributed by atoms with E-state index >= 15 is 0 Å². The molecule has 0 radical (unpaired) electrons. The Bertz CT molecular complexity index is 899. The van der Waals surface area contributed by atoms with Crippen molar-refractivity contribution in [3.05, 3.63) is 51.0 Å². The third kappa shape index (κ3) is 7.76. The van der Waals surface area contributed by atoms with E-state index in [0.29, 0.717) is 41.8 Å². The Balaban J connectivity index is 0.00000480. The molecule has 1 amide bonds. The largest absolute Gasteiger partial charge is 0.462 e. The van der Waals surface area contributed by atoms with Gasteiger partial charge in [-0.15, -0.1) is 35.3 Å². The summed E-state index contributed by atoms with van der Waals surface area (Å²) >= 11 is 1.33. The van der Waals surface area contributed by atoms with Gasteiger partial charge in [-0.05, 0) is 45.4 Å². The number of hydrogen-bond donors (Lipinski definition) is 3. The number of benzene rings is 1. The van der Waals surface area contributed by atoms with Gasteiger partial charge in [-0.1, -0.05) is 12.1 Å². The molecule has 31 heavy (non-hydrogen) atoms. The first kappa shape index (κ1) is 26.8. The molecule has 3 N–H and O–H groups in total. The molecule has 1 unspecified atom stereocenters. The van der Waals surface area contributed by atoms with Gasteiger partial charge < -0.3 is 20.7 Å². The summed E-state index contributed by atoms with van der Waals surface area (Å²) in [5.74, 6) is 0.187. The van der Waals surface area contributed by atoms with Crippen LogP contribution in [-0.2, 0) is 11.3 Å². The van der Waals surface area contributed by atoms with Crippen LogP contribution in [0, 0.1) is 6.92 Å². The van der Waals surface area contributed by atoms with Crippen LogP contribution in [0.5, 0.6) is 0 Å². The number of carbonyl (C=O) groups excluding carboxylic acids is 2. The van der Waals surface area contributed by atoms with Crippen LogP contribution in [0.3, 0.4) is 0 Å². The molecule has 1 heterocycles. The number of aryl methyl sites for hydroxylation is 1. The van der Waals surface area contributed by atoms with Gasteiger partial charge in [0.15, 0.2) is 5.96 Å². The molecule has 10 heteroatoms. The molecule has 0 aliphatic heterocycles. The lowest BCUT2D eigenvalue weighted by Gasteiger charge is -2.16. The van der Waals surface area contributed by atoms with Gasteiger partial charge in [0.25, 0.3) is 5.91 Å². The predicted molar refractivity (Wildman–Crippen MR) is 134 cm³/mol. The minimum atomic E-state index is -0.341. The molecule has 0 saturated carbocycles. The van der Waals surface area contributed by atoms with Gasteiger partial charge in [0.1, 0.15) is 9.88 Å². The molecule has 0 fully saturated rings. The van der Waals surface area contributed by atoms with Crippen LogP contribution in [0.15, 0.2) is 29.3 Å². The average molecular weight is 559 g/mol. The smallest absolute Gasteiger partial charge is 0.350 e. The van der Waals surface area contributed by atoms with Gasteiger partial charge in [0, 0.05) is 19.2 Å². The molecule has 8 nitrogen and oxygen atoms in total. The maximum Gasteiger partial charge on any atom is 0.350 e. The third-order valence-corrected chi connectivity index (χ3v) is 5.52. The fourth-order valence-electron chi connectivity index (χ4n) is 2.65. The molecule has 1 aromatic carbocycles. The number of aliphatic imine (C=N–C) groups is 1. The van der Waals surface area contributed by atoms with E-state index in [-0.39, 0.29) is 41.9 Å². The number of ether oxygens (including phenoxy) is 1. The van der Waals surface area contributed by atoms with Gasteiger partial charge in [0.2, 0.25) is 0 Å². The first-order valence-electron chi connectivity index (χ1n) is 9.89. The lowest BCUT2D eigenvalue weighted by Crippen LogP contribution is -2.38. The first-order valence-corrected chi connectivity index (χ1v) is 10.7.